The van der Waals surface area contributed by atoms with Crippen molar-refractivity contribution in [2.24, 2.45) is 5.92 Å². The molecule has 1 aromatic rings. The van der Waals surface area contributed by atoms with Crippen LogP contribution in [0.5, 0.6) is 0 Å². The van der Waals surface area contributed by atoms with E-state index >= 15 is 0 Å². The minimum atomic E-state index is 0.505. The number of aryl methyl sites for hydroxylation is 1. The highest BCUT2D eigenvalue weighted by Gasteiger charge is 2.11. The molecule has 0 saturated heterocycles. The number of hydrogen-bond acceptors (Lipinski definition) is 5. The van der Waals surface area contributed by atoms with E-state index in [2.05, 4.69) is 40.1 Å². The molecule has 0 aliphatic rings. The third-order valence-electron chi connectivity index (χ3n) is 2.47. The molecule has 0 amide bonds. The maximum Gasteiger partial charge on any atom is 0.224 e. The Balaban J connectivity index is 2.96. The van der Waals surface area contributed by atoms with Crippen molar-refractivity contribution in [3.05, 3.63) is 11.8 Å². The van der Waals surface area contributed by atoms with Gasteiger partial charge in [-0.1, -0.05) is 13.8 Å². The number of nitrogens with one attached hydrogen (secondary N) is 1. The summed E-state index contributed by atoms with van der Waals surface area (Å²) in [5.74, 6) is 2.03. The van der Waals surface area contributed by atoms with Gasteiger partial charge in [-0.25, -0.2) is 4.98 Å². The van der Waals surface area contributed by atoms with Crippen molar-refractivity contribution < 1.29 is 0 Å². The summed E-state index contributed by atoms with van der Waals surface area (Å²) in [6.45, 7) is 7.86. The summed E-state index contributed by atoms with van der Waals surface area (Å²) in [6, 6.07) is 4.14. The number of hydrogen-bond donors (Lipinski definition) is 1. The van der Waals surface area contributed by atoms with Crippen molar-refractivity contribution in [2.45, 2.75) is 27.2 Å². The fraction of sp³-hybridized carbons (Fsp3) is 0.615. The lowest BCUT2D eigenvalue weighted by atomic mass is 10.2. The van der Waals surface area contributed by atoms with Crippen LogP contribution in [0.3, 0.4) is 0 Å². The Morgan fingerprint density at radius 3 is 2.72 bits per heavy atom. The second kappa shape index (κ2) is 6.80. The number of nitriles is 1. The van der Waals surface area contributed by atoms with E-state index in [4.69, 9.17) is 5.26 Å². The molecule has 0 radical (unpaired) electrons. The predicted molar refractivity (Wildman–Crippen MR) is 73.6 cm³/mol. The summed E-state index contributed by atoms with van der Waals surface area (Å²) in [7, 11) is 1.81. The van der Waals surface area contributed by atoms with Gasteiger partial charge in [0.25, 0.3) is 0 Å². The van der Waals surface area contributed by atoms with Gasteiger partial charge in [0.2, 0.25) is 5.95 Å². The van der Waals surface area contributed by atoms with Crippen molar-refractivity contribution in [1.29, 1.82) is 5.26 Å². The molecule has 98 valence electrons. The van der Waals surface area contributed by atoms with Gasteiger partial charge < -0.3 is 10.2 Å². The van der Waals surface area contributed by atoms with Gasteiger partial charge in [0.05, 0.1) is 12.5 Å². The molecule has 0 fully saturated rings. The van der Waals surface area contributed by atoms with Gasteiger partial charge in [0.15, 0.2) is 0 Å². The molecule has 0 bridgehead atoms. The lowest BCUT2D eigenvalue weighted by molar-refractivity contribution is 0.607. The minimum absolute atomic E-state index is 0.505. The zero-order chi connectivity index (χ0) is 13.5. The Bertz CT molecular complexity index is 422. The van der Waals surface area contributed by atoms with Crippen LogP contribution >= 0.6 is 0 Å². The van der Waals surface area contributed by atoms with E-state index in [0.717, 1.165) is 18.1 Å². The normalized spacial score (nSPS) is 10.2. The Hall–Kier alpha value is -1.83. The second-order valence-electron chi connectivity index (χ2n) is 4.69. The van der Waals surface area contributed by atoms with E-state index in [0.29, 0.717) is 24.8 Å². The van der Waals surface area contributed by atoms with E-state index in [1.165, 1.54) is 0 Å². The monoisotopic (exact) mass is 247 g/mol. The van der Waals surface area contributed by atoms with E-state index in [1.54, 1.807) is 7.05 Å². The largest absolute Gasteiger partial charge is 0.357 e. The minimum Gasteiger partial charge on any atom is -0.357 e. The van der Waals surface area contributed by atoms with E-state index < -0.39 is 0 Å². The Morgan fingerprint density at radius 1 is 1.44 bits per heavy atom. The Labute approximate surface area is 109 Å². The fourth-order valence-electron chi connectivity index (χ4n) is 1.75. The molecule has 0 saturated carbocycles. The molecule has 0 unspecified atom stereocenters. The lowest BCUT2D eigenvalue weighted by Crippen LogP contribution is -2.29. The Morgan fingerprint density at radius 2 is 2.17 bits per heavy atom. The molecule has 1 N–H and O–H groups in total. The molecule has 5 nitrogen and oxygen atoms in total. The molecule has 18 heavy (non-hydrogen) atoms. The van der Waals surface area contributed by atoms with Crippen LogP contribution in [0.25, 0.3) is 0 Å². The van der Waals surface area contributed by atoms with E-state index in [1.807, 2.05) is 13.0 Å². The first-order valence-corrected chi connectivity index (χ1v) is 6.22. The summed E-state index contributed by atoms with van der Waals surface area (Å²) in [5.41, 5.74) is 0.926. The molecule has 0 spiro atoms. The lowest BCUT2D eigenvalue weighted by Gasteiger charge is -2.25. The summed E-state index contributed by atoms with van der Waals surface area (Å²) in [4.78, 5) is 10.9. The van der Waals surface area contributed by atoms with Crippen LogP contribution < -0.4 is 10.2 Å². The van der Waals surface area contributed by atoms with E-state index in [-0.39, 0.29) is 0 Å². The standard InChI is InChI=1S/C13H21N5/c1-10(2)9-18(7-5-6-14)12-8-11(3)16-13(15-4)17-12/h8,10H,5,7,9H2,1-4H3,(H,15,16,17). The molecule has 1 rings (SSSR count). The third-order valence-corrected chi connectivity index (χ3v) is 2.47. The topological polar surface area (TPSA) is 64.8 Å². The smallest absolute Gasteiger partial charge is 0.224 e. The first-order valence-electron chi connectivity index (χ1n) is 6.22. The van der Waals surface area contributed by atoms with Gasteiger partial charge in [-0.3, -0.25) is 0 Å². The van der Waals surface area contributed by atoms with Crippen LogP contribution in [-0.2, 0) is 0 Å². The predicted octanol–water partition coefficient (Wildman–Crippen LogP) is 2.20. The van der Waals surface area contributed by atoms with Crippen LogP contribution in [0.2, 0.25) is 0 Å². The second-order valence-corrected chi connectivity index (χ2v) is 4.69. The first kappa shape index (κ1) is 14.2. The number of nitrogens with zero attached hydrogens (tertiary/aromatic N) is 4. The van der Waals surface area contributed by atoms with Crippen LogP contribution in [-0.4, -0.2) is 30.1 Å². The average molecular weight is 247 g/mol. The highest BCUT2D eigenvalue weighted by atomic mass is 15.2. The number of rotatable bonds is 6. The molecule has 0 aliphatic carbocycles. The van der Waals surface area contributed by atoms with Crippen LogP contribution in [0, 0.1) is 24.2 Å². The molecule has 0 aromatic carbocycles. The SMILES string of the molecule is CNc1nc(C)cc(N(CCC#N)CC(C)C)n1. The highest BCUT2D eigenvalue weighted by molar-refractivity contribution is 5.44. The number of aromatic nitrogens is 2. The third kappa shape index (κ3) is 4.21. The summed E-state index contributed by atoms with van der Waals surface area (Å²) in [5, 5.41) is 11.7. The fourth-order valence-corrected chi connectivity index (χ4v) is 1.75. The van der Waals surface area contributed by atoms with Crippen LogP contribution in [0.4, 0.5) is 11.8 Å². The van der Waals surface area contributed by atoms with Gasteiger partial charge in [0.1, 0.15) is 5.82 Å². The summed E-state index contributed by atoms with van der Waals surface area (Å²) in [6.07, 6.45) is 0.505. The molecule has 1 aromatic heterocycles. The van der Waals surface area contributed by atoms with Gasteiger partial charge in [-0.05, 0) is 12.8 Å². The number of anilines is 2. The van der Waals surface area contributed by atoms with Gasteiger partial charge in [-0.15, -0.1) is 0 Å². The molecule has 5 heteroatoms. The van der Waals surface area contributed by atoms with Gasteiger partial charge >= 0.3 is 0 Å². The summed E-state index contributed by atoms with van der Waals surface area (Å²) >= 11 is 0. The van der Waals surface area contributed by atoms with Crippen molar-refractivity contribution in [3.63, 3.8) is 0 Å². The first-order chi connectivity index (χ1) is 8.56. The van der Waals surface area contributed by atoms with Crippen molar-refractivity contribution >= 4 is 11.8 Å². The molecule has 0 atom stereocenters. The quantitative estimate of drug-likeness (QED) is 0.835. The zero-order valence-corrected chi connectivity index (χ0v) is 11.6. The van der Waals surface area contributed by atoms with Crippen molar-refractivity contribution in [3.8, 4) is 6.07 Å². The highest BCUT2D eigenvalue weighted by Crippen LogP contribution is 2.16. The van der Waals surface area contributed by atoms with Gasteiger partial charge in [0, 0.05) is 31.9 Å². The van der Waals surface area contributed by atoms with Crippen LogP contribution in [0.15, 0.2) is 6.07 Å². The average Bonchev–Trinajstić information content (AvgIpc) is 2.33. The van der Waals surface area contributed by atoms with Crippen molar-refractivity contribution in [2.75, 3.05) is 30.4 Å². The molecule has 0 aliphatic heterocycles. The van der Waals surface area contributed by atoms with E-state index in [9.17, 15) is 0 Å². The maximum absolute atomic E-state index is 8.73. The van der Waals surface area contributed by atoms with Gasteiger partial charge in [-0.2, -0.15) is 10.2 Å². The molecular formula is C13H21N5. The maximum atomic E-state index is 8.73. The Kier molecular flexibility index (Phi) is 5.37. The molecular weight excluding hydrogens is 226 g/mol. The van der Waals surface area contributed by atoms with Crippen LogP contribution in [0.1, 0.15) is 26.0 Å². The molecule has 1 heterocycles. The summed E-state index contributed by atoms with van der Waals surface area (Å²) < 4.78 is 0. The zero-order valence-electron chi connectivity index (χ0n) is 11.6. The van der Waals surface area contributed by atoms with Crippen molar-refractivity contribution in [1.82, 2.24) is 9.97 Å².